The molecule has 6 heteroatoms. The molecule has 0 aromatic heterocycles. The second-order valence-corrected chi connectivity index (χ2v) is 4.44. The third kappa shape index (κ3) is 3.36. The summed E-state index contributed by atoms with van der Waals surface area (Å²) in [5.41, 5.74) is -1.47. The van der Waals surface area contributed by atoms with Gasteiger partial charge in [0, 0.05) is 11.1 Å². The number of carboxylic acid groups (broad SMARTS) is 3. The van der Waals surface area contributed by atoms with Crippen molar-refractivity contribution < 1.29 is 29.7 Å². The molecular weight excluding hydrogens is 300 g/mol. The third-order valence-corrected chi connectivity index (χ3v) is 2.98. The lowest BCUT2D eigenvalue weighted by atomic mass is 9.95. The Morgan fingerprint density at radius 3 is 1.83 bits per heavy atom. The van der Waals surface area contributed by atoms with E-state index in [0.29, 0.717) is 5.56 Å². The third-order valence-electron chi connectivity index (χ3n) is 2.98. The Kier molecular flexibility index (Phi) is 4.43. The predicted molar refractivity (Wildman–Crippen MR) is 79.7 cm³/mol. The average Bonchev–Trinajstić information content (AvgIpc) is 2.52. The van der Waals surface area contributed by atoms with Gasteiger partial charge in [-0.3, -0.25) is 0 Å². The Labute approximate surface area is 130 Å². The lowest BCUT2D eigenvalue weighted by Gasteiger charge is -2.07. The molecule has 0 bridgehead atoms. The van der Waals surface area contributed by atoms with E-state index in [0.717, 1.165) is 6.07 Å². The van der Waals surface area contributed by atoms with Crippen molar-refractivity contribution in [3.63, 3.8) is 0 Å². The molecule has 0 spiro atoms. The molecule has 0 unspecified atom stereocenters. The number of hydrogen-bond acceptors (Lipinski definition) is 3. The van der Waals surface area contributed by atoms with Gasteiger partial charge in [0.25, 0.3) is 0 Å². The minimum Gasteiger partial charge on any atom is -0.478 e. The van der Waals surface area contributed by atoms with Gasteiger partial charge in [-0.05, 0) is 24.3 Å². The van der Waals surface area contributed by atoms with Gasteiger partial charge in [-0.25, -0.2) is 14.4 Å². The van der Waals surface area contributed by atoms with Crippen molar-refractivity contribution in [2.45, 2.75) is 0 Å². The second-order valence-electron chi connectivity index (χ2n) is 4.44. The van der Waals surface area contributed by atoms with Crippen LogP contribution in [0.25, 0.3) is 0 Å². The van der Waals surface area contributed by atoms with E-state index in [1.54, 1.807) is 30.3 Å². The molecule has 6 nitrogen and oxygen atoms in total. The number of benzene rings is 2. The van der Waals surface area contributed by atoms with Crippen LogP contribution in [0, 0.1) is 11.8 Å². The monoisotopic (exact) mass is 310 g/mol. The standard InChI is InChI=1S/C17H10O6/c18-15(19)12-9-8-11(7-6-10-4-2-1-3-5-10)13(16(20)21)14(12)17(22)23/h1-5,8-9H,(H,18,19)(H,20,21)(H,22,23). The number of rotatable bonds is 3. The van der Waals surface area contributed by atoms with Crippen molar-refractivity contribution in [2.75, 3.05) is 0 Å². The highest BCUT2D eigenvalue weighted by Gasteiger charge is 2.26. The summed E-state index contributed by atoms with van der Waals surface area (Å²) in [5, 5.41) is 27.5. The first-order chi connectivity index (χ1) is 10.9. The van der Waals surface area contributed by atoms with E-state index in [1.807, 2.05) is 0 Å². The molecular formula is C17H10O6. The summed E-state index contributed by atoms with van der Waals surface area (Å²) in [6.45, 7) is 0. The zero-order chi connectivity index (χ0) is 17.0. The zero-order valence-electron chi connectivity index (χ0n) is 11.6. The highest BCUT2D eigenvalue weighted by Crippen LogP contribution is 2.20. The van der Waals surface area contributed by atoms with Gasteiger partial charge >= 0.3 is 17.9 Å². The van der Waals surface area contributed by atoms with Gasteiger partial charge in [-0.15, -0.1) is 0 Å². The van der Waals surface area contributed by atoms with E-state index in [-0.39, 0.29) is 5.56 Å². The van der Waals surface area contributed by atoms with Gasteiger partial charge in [0.15, 0.2) is 0 Å². The highest BCUT2D eigenvalue weighted by molar-refractivity contribution is 6.10. The van der Waals surface area contributed by atoms with Crippen molar-refractivity contribution in [3.05, 3.63) is 70.3 Å². The first-order valence-corrected chi connectivity index (χ1v) is 6.35. The van der Waals surface area contributed by atoms with Gasteiger partial charge in [0.1, 0.15) is 0 Å². The molecule has 2 aromatic carbocycles. The summed E-state index contributed by atoms with van der Waals surface area (Å²) in [7, 11) is 0. The van der Waals surface area contributed by atoms with Gasteiger partial charge in [0.05, 0.1) is 16.7 Å². The van der Waals surface area contributed by atoms with E-state index in [4.69, 9.17) is 5.11 Å². The number of aromatic carboxylic acids is 3. The SMILES string of the molecule is O=C(O)c1ccc(C#Cc2ccccc2)c(C(=O)O)c1C(=O)O. The lowest BCUT2D eigenvalue weighted by Crippen LogP contribution is -2.16. The number of carbonyl (C=O) groups is 3. The molecule has 2 aromatic rings. The molecule has 0 aliphatic carbocycles. The molecule has 0 heterocycles. The van der Waals surface area contributed by atoms with Crippen LogP contribution >= 0.6 is 0 Å². The van der Waals surface area contributed by atoms with Crippen molar-refractivity contribution in [3.8, 4) is 11.8 Å². The Balaban J connectivity index is 2.69. The van der Waals surface area contributed by atoms with Crippen LogP contribution in [0.3, 0.4) is 0 Å². The maximum atomic E-state index is 11.4. The molecule has 2 rings (SSSR count). The minimum atomic E-state index is -1.64. The van der Waals surface area contributed by atoms with E-state index in [2.05, 4.69) is 11.8 Å². The first-order valence-electron chi connectivity index (χ1n) is 6.35. The molecule has 0 aliphatic heterocycles. The molecule has 3 N–H and O–H groups in total. The average molecular weight is 310 g/mol. The fourth-order valence-electron chi connectivity index (χ4n) is 1.99. The summed E-state index contributed by atoms with van der Waals surface area (Å²) in [6.07, 6.45) is 0. The van der Waals surface area contributed by atoms with Crippen molar-refractivity contribution >= 4 is 17.9 Å². The molecule has 0 fully saturated rings. The highest BCUT2D eigenvalue weighted by atomic mass is 16.4. The van der Waals surface area contributed by atoms with Gasteiger partial charge < -0.3 is 15.3 Å². The largest absolute Gasteiger partial charge is 0.478 e. The fourth-order valence-corrected chi connectivity index (χ4v) is 1.99. The molecule has 0 aliphatic rings. The van der Waals surface area contributed by atoms with Crippen molar-refractivity contribution in [1.82, 2.24) is 0 Å². The summed E-state index contributed by atoms with van der Waals surface area (Å²) in [6, 6.07) is 10.9. The van der Waals surface area contributed by atoms with Crippen molar-refractivity contribution in [2.24, 2.45) is 0 Å². The van der Waals surface area contributed by atoms with Crippen LogP contribution in [0.1, 0.15) is 42.2 Å². The summed E-state index contributed by atoms with van der Waals surface area (Å²) >= 11 is 0. The predicted octanol–water partition coefficient (Wildman–Crippen LogP) is 2.18. The molecule has 23 heavy (non-hydrogen) atoms. The van der Waals surface area contributed by atoms with Gasteiger partial charge in [-0.2, -0.15) is 0 Å². The maximum Gasteiger partial charge on any atom is 0.337 e. The van der Waals surface area contributed by atoms with Crippen LogP contribution < -0.4 is 0 Å². The summed E-state index contributed by atoms with van der Waals surface area (Å²) in [5.74, 6) is 0.593. The Morgan fingerprint density at radius 1 is 0.696 bits per heavy atom. The molecule has 0 radical (unpaired) electrons. The van der Waals surface area contributed by atoms with E-state index in [9.17, 15) is 24.6 Å². The second kappa shape index (κ2) is 6.45. The Morgan fingerprint density at radius 2 is 1.30 bits per heavy atom. The molecule has 114 valence electrons. The maximum absolute atomic E-state index is 11.4. The smallest absolute Gasteiger partial charge is 0.337 e. The lowest BCUT2D eigenvalue weighted by molar-refractivity contribution is 0.0633. The van der Waals surface area contributed by atoms with Gasteiger partial charge in [-0.1, -0.05) is 30.0 Å². The molecule has 0 amide bonds. The minimum absolute atomic E-state index is 0.0660. The van der Waals surface area contributed by atoms with Crippen LogP contribution in [-0.2, 0) is 0 Å². The van der Waals surface area contributed by atoms with Crippen LogP contribution in [0.5, 0.6) is 0 Å². The quantitative estimate of drug-likeness (QED) is 0.749. The normalized spacial score (nSPS) is 9.57. The van der Waals surface area contributed by atoms with Crippen LogP contribution in [0.2, 0.25) is 0 Å². The Hall–Kier alpha value is -3.59. The zero-order valence-corrected chi connectivity index (χ0v) is 11.6. The topological polar surface area (TPSA) is 112 Å². The van der Waals surface area contributed by atoms with Crippen molar-refractivity contribution in [1.29, 1.82) is 0 Å². The summed E-state index contributed by atoms with van der Waals surface area (Å²) < 4.78 is 0. The molecule has 0 atom stereocenters. The van der Waals surface area contributed by atoms with E-state index in [1.165, 1.54) is 6.07 Å². The fraction of sp³-hybridized carbons (Fsp3) is 0. The number of hydrogen-bond donors (Lipinski definition) is 3. The van der Waals surface area contributed by atoms with Gasteiger partial charge in [0.2, 0.25) is 0 Å². The Bertz CT molecular complexity index is 856. The van der Waals surface area contributed by atoms with E-state index < -0.39 is 34.6 Å². The van der Waals surface area contributed by atoms with Crippen LogP contribution in [0.4, 0.5) is 0 Å². The van der Waals surface area contributed by atoms with Crippen LogP contribution in [-0.4, -0.2) is 33.2 Å². The van der Waals surface area contributed by atoms with E-state index >= 15 is 0 Å². The number of carboxylic acids is 3. The van der Waals surface area contributed by atoms with Crippen LogP contribution in [0.15, 0.2) is 42.5 Å². The molecule has 0 saturated carbocycles. The molecule has 0 saturated heterocycles. The first kappa shape index (κ1) is 15.8. The summed E-state index contributed by atoms with van der Waals surface area (Å²) in [4.78, 5) is 33.8.